The molecule has 2 rings (SSSR count). The first-order valence-electron chi connectivity index (χ1n) is 5.93. The molecule has 7 heteroatoms. The van der Waals surface area contributed by atoms with Crippen LogP contribution in [0.5, 0.6) is 0 Å². The molecule has 1 aliphatic heterocycles. The number of amides is 2. The largest absolute Gasteiger partial charge is 0.465 e. The summed E-state index contributed by atoms with van der Waals surface area (Å²) < 4.78 is 14.0. The van der Waals surface area contributed by atoms with Crippen molar-refractivity contribution in [2.75, 3.05) is 5.32 Å². The first kappa shape index (κ1) is 14.0. The lowest BCUT2D eigenvalue weighted by atomic mass is 9.82. The molecule has 1 aromatic carbocycles. The molecule has 1 unspecified atom stereocenters. The molecular weight excluding hydrogens is 267 g/mol. The number of nitrogens with one attached hydrogen (secondary N) is 2. The van der Waals surface area contributed by atoms with Crippen molar-refractivity contribution in [1.82, 2.24) is 5.32 Å². The van der Waals surface area contributed by atoms with Gasteiger partial charge in [-0.2, -0.15) is 0 Å². The first-order chi connectivity index (χ1) is 9.30. The molecule has 6 nitrogen and oxygen atoms in total. The average molecular weight is 280 g/mol. The number of piperidine rings is 1. The minimum Gasteiger partial charge on any atom is -0.465 e. The molecule has 1 aromatic rings. The molecule has 1 saturated heterocycles. The summed E-state index contributed by atoms with van der Waals surface area (Å²) in [5, 5.41) is 13.3. The first-order valence-corrected chi connectivity index (χ1v) is 5.93. The Kier molecular flexibility index (Phi) is 3.44. The highest BCUT2D eigenvalue weighted by Gasteiger charge is 2.38. The van der Waals surface area contributed by atoms with Gasteiger partial charge in [0.05, 0.1) is 12.0 Å². The number of ketones is 1. The molecule has 1 atom stereocenters. The van der Waals surface area contributed by atoms with E-state index in [0.717, 1.165) is 6.07 Å². The Hall–Kier alpha value is -2.44. The monoisotopic (exact) mass is 280 g/mol. The number of benzene rings is 1. The maximum absolute atomic E-state index is 14.0. The van der Waals surface area contributed by atoms with Crippen LogP contribution >= 0.6 is 0 Å². The summed E-state index contributed by atoms with van der Waals surface area (Å²) in [5.41, 5.74) is -0.931. The van der Waals surface area contributed by atoms with Crippen LogP contribution in [0.25, 0.3) is 0 Å². The van der Waals surface area contributed by atoms with Crippen LogP contribution in [0.3, 0.4) is 0 Å². The van der Waals surface area contributed by atoms with Gasteiger partial charge in [0.2, 0.25) is 5.91 Å². The van der Waals surface area contributed by atoms with E-state index in [0.29, 0.717) is 0 Å². The number of hydrogen-bond acceptors (Lipinski definition) is 3. The van der Waals surface area contributed by atoms with Crippen LogP contribution in [-0.2, 0) is 15.1 Å². The van der Waals surface area contributed by atoms with Crippen molar-refractivity contribution < 1.29 is 23.9 Å². The van der Waals surface area contributed by atoms with E-state index < -0.39 is 23.4 Å². The van der Waals surface area contributed by atoms with E-state index in [4.69, 9.17) is 5.11 Å². The van der Waals surface area contributed by atoms with Crippen molar-refractivity contribution in [2.24, 2.45) is 0 Å². The van der Waals surface area contributed by atoms with Gasteiger partial charge in [0.1, 0.15) is 11.6 Å². The van der Waals surface area contributed by atoms with Crippen molar-refractivity contribution >= 4 is 23.5 Å². The second-order valence-corrected chi connectivity index (χ2v) is 4.90. The summed E-state index contributed by atoms with van der Waals surface area (Å²) in [6, 6.07) is 3.64. The van der Waals surface area contributed by atoms with E-state index in [1.807, 2.05) is 0 Å². The van der Waals surface area contributed by atoms with Crippen LogP contribution in [0.2, 0.25) is 0 Å². The number of carbonyl (C=O) groups is 3. The molecule has 20 heavy (non-hydrogen) atoms. The molecule has 0 saturated carbocycles. The zero-order chi connectivity index (χ0) is 14.9. The molecule has 0 spiro atoms. The smallest absolute Gasteiger partial charge is 0.409 e. The zero-order valence-corrected chi connectivity index (χ0v) is 10.7. The van der Waals surface area contributed by atoms with Crippen LogP contribution in [0.1, 0.15) is 25.3 Å². The maximum atomic E-state index is 14.0. The van der Waals surface area contributed by atoms with E-state index in [9.17, 15) is 18.8 Å². The standard InChI is InChI=1S/C13H13FN2O4/c1-13(6-8(17)5-11(18)16-13)9-4-7(15-12(19)20)2-3-10(9)14/h2-4,15H,5-6H2,1H3,(H,16,18)(H,19,20). The summed E-state index contributed by atoms with van der Waals surface area (Å²) in [6.07, 6.45) is -1.53. The lowest BCUT2D eigenvalue weighted by Crippen LogP contribution is -2.50. The molecule has 2 amide bonds. The predicted molar refractivity (Wildman–Crippen MR) is 67.8 cm³/mol. The van der Waals surface area contributed by atoms with Gasteiger partial charge in [-0.25, -0.2) is 9.18 Å². The Morgan fingerprint density at radius 2 is 2.15 bits per heavy atom. The van der Waals surface area contributed by atoms with Crippen LogP contribution in [0, 0.1) is 5.82 Å². The van der Waals surface area contributed by atoms with Crippen LogP contribution in [0.15, 0.2) is 18.2 Å². The minimum atomic E-state index is -1.28. The highest BCUT2D eigenvalue weighted by molar-refractivity contribution is 6.01. The van der Waals surface area contributed by atoms with Gasteiger partial charge in [-0.3, -0.25) is 14.9 Å². The third-order valence-electron chi connectivity index (χ3n) is 3.14. The van der Waals surface area contributed by atoms with Gasteiger partial charge in [-0.1, -0.05) is 0 Å². The molecule has 0 aliphatic carbocycles. The fourth-order valence-corrected chi connectivity index (χ4v) is 2.34. The van der Waals surface area contributed by atoms with E-state index in [-0.39, 0.29) is 29.9 Å². The van der Waals surface area contributed by atoms with Crippen molar-refractivity contribution in [3.63, 3.8) is 0 Å². The molecule has 3 N–H and O–H groups in total. The second-order valence-electron chi connectivity index (χ2n) is 4.90. The topological polar surface area (TPSA) is 95.5 Å². The highest BCUT2D eigenvalue weighted by atomic mass is 19.1. The number of carboxylic acid groups (broad SMARTS) is 1. The van der Waals surface area contributed by atoms with Gasteiger partial charge < -0.3 is 10.4 Å². The van der Waals surface area contributed by atoms with E-state index in [1.165, 1.54) is 19.1 Å². The van der Waals surface area contributed by atoms with Gasteiger partial charge in [0, 0.05) is 17.7 Å². The summed E-state index contributed by atoms with van der Waals surface area (Å²) in [5.74, 6) is -1.37. The summed E-state index contributed by atoms with van der Waals surface area (Å²) in [4.78, 5) is 33.6. The third-order valence-corrected chi connectivity index (χ3v) is 3.14. The molecule has 0 radical (unpaired) electrons. The Bertz CT molecular complexity index is 584. The number of rotatable bonds is 2. The summed E-state index contributed by atoms with van der Waals surface area (Å²) >= 11 is 0. The van der Waals surface area contributed by atoms with Gasteiger partial charge in [0.15, 0.2) is 0 Å². The lowest BCUT2D eigenvalue weighted by molar-refractivity contribution is -0.134. The number of Topliss-reactive ketones (excluding diaryl/α,β-unsaturated/α-hetero) is 1. The van der Waals surface area contributed by atoms with Gasteiger partial charge >= 0.3 is 6.09 Å². The Balaban J connectivity index is 2.42. The van der Waals surface area contributed by atoms with Gasteiger partial charge in [-0.05, 0) is 25.1 Å². The number of carbonyl (C=O) groups excluding carboxylic acids is 2. The fraction of sp³-hybridized carbons (Fsp3) is 0.308. The summed E-state index contributed by atoms with van der Waals surface area (Å²) in [6.45, 7) is 1.53. The van der Waals surface area contributed by atoms with Crippen LogP contribution in [-0.4, -0.2) is 22.9 Å². The Morgan fingerprint density at radius 3 is 2.75 bits per heavy atom. The fourth-order valence-electron chi connectivity index (χ4n) is 2.34. The minimum absolute atomic E-state index is 0.0355. The number of hydrogen-bond donors (Lipinski definition) is 3. The quantitative estimate of drug-likeness (QED) is 0.717. The van der Waals surface area contributed by atoms with Crippen LogP contribution < -0.4 is 10.6 Å². The van der Waals surface area contributed by atoms with Gasteiger partial charge in [0.25, 0.3) is 0 Å². The predicted octanol–water partition coefficient (Wildman–Crippen LogP) is 1.61. The van der Waals surface area contributed by atoms with Gasteiger partial charge in [-0.15, -0.1) is 0 Å². The molecule has 0 aromatic heterocycles. The van der Waals surface area contributed by atoms with Crippen molar-refractivity contribution in [3.05, 3.63) is 29.6 Å². The van der Waals surface area contributed by atoms with E-state index in [1.54, 1.807) is 0 Å². The molecule has 106 valence electrons. The van der Waals surface area contributed by atoms with E-state index >= 15 is 0 Å². The van der Waals surface area contributed by atoms with Crippen LogP contribution in [0.4, 0.5) is 14.9 Å². The Labute approximate surface area is 114 Å². The Morgan fingerprint density at radius 1 is 1.45 bits per heavy atom. The molecular formula is C13H13FN2O4. The van der Waals surface area contributed by atoms with Crippen molar-refractivity contribution in [1.29, 1.82) is 0 Å². The molecule has 1 fully saturated rings. The lowest BCUT2D eigenvalue weighted by Gasteiger charge is -2.34. The second kappa shape index (κ2) is 4.92. The molecule has 1 heterocycles. The SMILES string of the molecule is CC1(c2cc(NC(=O)O)ccc2F)CC(=O)CC(=O)N1. The zero-order valence-electron chi connectivity index (χ0n) is 10.7. The third kappa shape index (κ3) is 2.76. The molecule has 0 bridgehead atoms. The summed E-state index contributed by atoms with van der Waals surface area (Å²) in [7, 11) is 0. The normalized spacial score (nSPS) is 22.3. The number of anilines is 1. The van der Waals surface area contributed by atoms with E-state index in [2.05, 4.69) is 10.6 Å². The van der Waals surface area contributed by atoms with Crippen molar-refractivity contribution in [3.8, 4) is 0 Å². The molecule has 1 aliphatic rings. The highest BCUT2D eigenvalue weighted by Crippen LogP contribution is 2.32. The van der Waals surface area contributed by atoms with Crippen molar-refractivity contribution in [2.45, 2.75) is 25.3 Å². The number of halogens is 1. The average Bonchev–Trinajstić information content (AvgIpc) is 2.29. The maximum Gasteiger partial charge on any atom is 0.409 e.